The normalized spacial score (nSPS) is 18.5. The second-order valence-corrected chi connectivity index (χ2v) is 8.98. The van der Waals surface area contributed by atoms with E-state index in [0.29, 0.717) is 18.4 Å². The van der Waals surface area contributed by atoms with Crippen LogP contribution in [0.4, 0.5) is 0 Å². The van der Waals surface area contributed by atoms with Gasteiger partial charge in [-0.1, -0.05) is 61.7 Å². The summed E-state index contributed by atoms with van der Waals surface area (Å²) >= 11 is 0. The summed E-state index contributed by atoms with van der Waals surface area (Å²) in [6, 6.07) is 15.9. The lowest BCUT2D eigenvalue weighted by molar-refractivity contribution is -0.129. The minimum absolute atomic E-state index is 0.00518. The van der Waals surface area contributed by atoms with E-state index in [0.717, 1.165) is 59.2 Å². The Morgan fingerprint density at radius 3 is 2.29 bits per heavy atom. The third-order valence-corrected chi connectivity index (χ3v) is 6.99. The van der Waals surface area contributed by atoms with E-state index in [1.165, 1.54) is 6.42 Å². The highest BCUT2D eigenvalue weighted by Gasteiger charge is 2.42. The molecular formula is C27H27NO3. The zero-order valence-electron chi connectivity index (χ0n) is 17.9. The average molecular weight is 414 g/mol. The van der Waals surface area contributed by atoms with Crippen LogP contribution in [0, 0.1) is 5.41 Å². The molecule has 4 heteroatoms. The molecule has 1 heterocycles. The first-order chi connectivity index (χ1) is 15.1. The minimum atomic E-state index is -0.102. The molecule has 0 atom stereocenters. The third kappa shape index (κ3) is 3.50. The number of Topliss-reactive ketones (excluding diaryl/α,β-unsaturated/α-hetero) is 2. The lowest BCUT2D eigenvalue weighted by Crippen LogP contribution is -2.37. The molecule has 2 aliphatic carbocycles. The fourth-order valence-corrected chi connectivity index (χ4v) is 5.41. The molecule has 0 radical (unpaired) electrons. The maximum atomic E-state index is 13.2. The van der Waals surface area contributed by atoms with E-state index in [4.69, 9.17) is 4.74 Å². The van der Waals surface area contributed by atoms with Crippen LogP contribution < -0.4 is 4.74 Å². The van der Waals surface area contributed by atoms with Gasteiger partial charge >= 0.3 is 0 Å². The van der Waals surface area contributed by atoms with Crippen LogP contribution in [0.2, 0.25) is 0 Å². The van der Waals surface area contributed by atoms with Crippen molar-refractivity contribution in [1.82, 2.24) is 4.98 Å². The molecule has 0 unspecified atom stereocenters. The number of carbonyl (C=O) groups excluding carboxylic acids is 2. The third-order valence-electron chi connectivity index (χ3n) is 6.99. The Morgan fingerprint density at radius 1 is 0.903 bits per heavy atom. The van der Waals surface area contributed by atoms with E-state index >= 15 is 0 Å². The molecule has 1 spiro atoms. The van der Waals surface area contributed by atoms with Crippen molar-refractivity contribution in [2.45, 2.75) is 44.9 Å². The number of rotatable bonds is 3. The van der Waals surface area contributed by atoms with Gasteiger partial charge in [0.05, 0.1) is 23.9 Å². The molecule has 0 bridgehead atoms. The first-order valence-corrected chi connectivity index (χ1v) is 11.1. The predicted molar refractivity (Wildman–Crippen MR) is 123 cm³/mol. The summed E-state index contributed by atoms with van der Waals surface area (Å²) in [6.45, 7) is 0. The number of hydrogen-bond donors (Lipinski definition) is 1. The Morgan fingerprint density at radius 2 is 1.61 bits per heavy atom. The van der Waals surface area contributed by atoms with Gasteiger partial charge in [-0.15, -0.1) is 0 Å². The molecule has 31 heavy (non-hydrogen) atoms. The van der Waals surface area contributed by atoms with Gasteiger partial charge in [-0.3, -0.25) is 9.59 Å². The highest BCUT2D eigenvalue weighted by atomic mass is 16.5. The number of benzene rings is 2. The molecule has 1 aromatic heterocycles. The molecule has 2 aliphatic rings. The van der Waals surface area contributed by atoms with Gasteiger partial charge in [0.25, 0.3) is 0 Å². The standard InChI is InChI=1S/C27H27NO3/c1-31-24-12-8-11-19-20(25(28-26(19)24)18-9-4-2-5-10-18)15-21-22(29)16-27(17-23(21)30)13-6-3-7-14-27/h2,4-5,8-12,15,28H,3,6-7,13-14,16-17H2,1H3. The van der Waals surface area contributed by atoms with Crippen LogP contribution in [-0.2, 0) is 9.59 Å². The van der Waals surface area contributed by atoms with Gasteiger partial charge in [0.2, 0.25) is 0 Å². The molecule has 4 nitrogen and oxygen atoms in total. The zero-order chi connectivity index (χ0) is 21.4. The van der Waals surface area contributed by atoms with Crippen molar-refractivity contribution in [3.8, 4) is 17.0 Å². The maximum absolute atomic E-state index is 13.2. The van der Waals surface area contributed by atoms with Crippen molar-refractivity contribution in [3.63, 3.8) is 0 Å². The first kappa shape index (κ1) is 19.8. The molecule has 2 aromatic carbocycles. The van der Waals surface area contributed by atoms with Gasteiger partial charge in [0.1, 0.15) is 5.75 Å². The second kappa shape index (κ2) is 7.84. The summed E-state index contributed by atoms with van der Waals surface area (Å²) in [7, 11) is 1.65. The lowest BCUT2D eigenvalue weighted by Gasteiger charge is -2.39. The van der Waals surface area contributed by atoms with Crippen molar-refractivity contribution in [2.75, 3.05) is 7.11 Å². The van der Waals surface area contributed by atoms with E-state index in [2.05, 4.69) is 4.98 Å². The fourth-order valence-electron chi connectivity index (χ4n) is 5.41. The number of hydrogen-bond acceptors (Lipinski definition) is 3. The predicted octanol–water partition coefficient (Wildman–Crippen LogP) is 6.11. The Labute approximate surface area is 182 Å². The topological polar surface area (TPSA) is 59.2 Å². The number of allylic oxidation sites excluding steroid dienone is 1. The molecule has 2 saturated carbocycles. The number of nitrogens with one attached hydrogen (secondary N) is 1. The number of carbonyl (C=O) groups is 2. The van der Waals surface area contributed by atoms with Crippen molar-refractivity contribution in [3.05, 3.63) is 59.7 Å². The van der Waals surface area contributed by atoms with Crippen molar-refractivity contribution in [1.29, 1.82) is 0 Å². The van der Waals surface area contributed by atoms with Crippen molar-refractivity contribution < 1.29 is 14.3 Å². The van der Waals surface area contributed by atoms with Gasteiger partial charge in [-0.25, -0.2) is 0 Å². The number of aromatic amines is 1. The number of aromatic nitrogens is 1. The number of methoxy groups -OCH3 is 1. The molecule has 0 amide bonds. The van der Waals surface area contributed by atoms with Crippen LogP contribution in [-0.4, -0.2) is 23.7 Å². The van der Waals surface area contributed by atoms with E-state index < -0.39 is 0 Å². The van der Waals surface area contributed by atoms with Crippen LogP contribution in [0.1, 0.15) is 50.5 Å². The summed E-state index contributed by atoms with van der Waals surface area (Å²) < 4.78 is 5.55. The van der Waals surface area contributed by atoms with Gasteiger partial charge in [-0.2, -0.15) is 0 Å². The number of fused-ring (bicyclic) bond motifs is 1. The maximum Gasteiger partial charge on any atom is 0.167 e. The molecular weight excluding hydrogens is 386 g/mol. The van der Waals surface area contributed by atoms with Gasteiger partial charge < -0.3 is 9.72 Å². The van der Waals surface area contributed by atoms with E-state index in [-0.39, 0.29) is 17.0 Å². The summed E-state index contributed by atoms with van der Waals surface area (Å²) in [6.07, 6.45) is 8.27. The number of H-pyrrole nitrogens is 1. The van der Waals surface area contributed by atoms with E-state index in [1.807, 2.05) is 54.6 Å². The van der Waals surface area contributed by atoms with Crippen LogP contribution in [0.25, 0.3) is 28.2 Å². The number of ketones is 2. The SMILES string of the molecule is COc1cccc2c(C=C3C(=O)CC4(CCCCC4)CC3=O)c(-c3ccccc3)[nH]c12. The van der Waals surface area contributed by atoms with Crippen LogP contribution >= 0.6 is 0 Å². The highest BCUT2D eigenvalue weighted by Crippen LogP contribution is 2.47. The van der Waals surface area contributed by atoms with Crippen LogP contribution in [0.3, 0.4) is 0 Å². The van der Waals surface area contributed by atoms with Gasteiger partial charge in [-0.05, 0) is 36.0 Å². The Kier molecular flexibility index (Phi) is 5.01. The minimum Gasteiger partial charge on any atom is -0.495 e. The summed E-state index contributed by atoms with van der Waals surface area (Å²) in [5.74, 6) is 0.727. The Balaban J connectivity index is 1.64. The Hall–Kier alpha value is -3.14. The Bertz CT molecular complexity index is 1160. The molecule has 3 aromatic rings. The highest BCUT2D eigenvalue weighted by molar-refractivity contribution is 6.26. The molecule has 0 saturated heterocycles. The average Bonchev–Trinajstić information content (AvgIpc) is 3.16. The molecule has 0 aliphatic heterocycles. The molecule has 2 fully saturated rings. The number of para-hydroxylation sites is 1. The summed E-state index contributed by atoms with van der Waals surface area (Å²) in [5, 5.41) is 0.948. The smallest absolute Gasteiger partial charge is 0.167 e. The van der Waals surface area contributed by atoms with E-state index in [9.17, 15) is 9.59 Å². The monoisotopic (exact) mass is 413 g/mol. The largest absolute Gasteiger partial charge is 0.495 e. The van der Waals surface area contributed by atoms with Crippen molar-refractivity contribution >= 4 is 28.5 Å². The lowest BCUT2D eigenvalue weighted by atomic mass is 9.63. The van der Waals surface area contributed by atoms with Crippen LogP contribution in [0.5, 0.6) is 5.75 Å². The van der Waals surface area contributed by atoms with Crippen molar-refractivity contribution in [2.24, 2.45) is 5.41 Å². The summed E-state index contributed by atoms with van der Waals surface area (Å²) in [5.41, 5.74) is 3.89. The van der Waals surface area contributed by atoms with Crippen LogP contribution in [0.15, 0.2) is 54.1 Å². The van der Waals surface area contributed by atoms with Gasteiger partial charge in [0.15, 0.2) is 11.6 Å². The molecule has 1 N–H and O–H groups in total. The first-order valence-electron chi connectivity index (χ1n) is 11.1. The number of ether oxygens (including phenoxy) is 1. The van der Waals surface area contributed by atoms with E-state index in [1.54, 1.807) is 7.11 Å². The molecule has 158 valence electrons. The fraction of sp³-hybridized carbons (Fsp3) is 0.333. The molecule has 5 rings (SSSR count). The summed E-state index contributed by atoms with van der Waals surface area (Å²) in [4.78, 5) is 29.9. The quantitative estimate of drug-likeness (QED) is 0.416. The van der Waals surface area contributed by atoms with Gasteiger partial charge in [0, 0.05) is 23.8 Å². The zero-order valence-corrected chi connectivity index (χ0v) is 17.9. The second-order valence-electron chi connectivity index (χ2n) is 8.98.